The Labute approximate surface area is 188 Å². The van der Waals surface area contributed by atoms with Crippen LogP contribution in [0.4, 0.5) is 13.2 Å². The second-order valence-corrected chi connectivity index (χ2v) is 7.63. The number of Topliss-reactive ketones (excluding diaryl/α,β-unsaturated/α-hetero) is 1. The lowest BCUT2D eigenvalue weighted by molar-refractivity contribution is -0.150. The second-order valence-electron chi connectivity index (χ2n) is 7.63. The first kappa shape index (κ1) is 22.9. The Bertz CT molecular complexity index is 1110. The highest BCUT2D eigenvalue weighted by molar-refractivity contribution is 6.14. The number of H-pyrrole nitrogens is 1. The summed E-state index contributed by atoms with van der Waals surface area (Å²) in [7, 11) is 0. The third kappa shape index (κ3) is 5.20. The number of nitrogens with one attached hydrogen (secondary N) is 2. The number of nitrogens with zero attached hydrogens (tertiary/aromatic N) is 3. The lowest BCUT2D eigenvalue weighted by Crippen LogP contribution is -2.53. The van der Waals surface area contributed by atoms with Gasteiger partial charge in [-0.3, -0.25) is 15.1 Å². The molecule has 2 aliphatic heterocycles. The fourth-order valence-electron chi connectivity index (χ4n) is 3.76. The summed E-state index contributed by atoms with van der Waals surface area (Å²) >= 11 is 0. The molecule has 1 fully saturated rings. The molecule has 2 aliphatic rings. The number of ketones is 1. The van der Waals surface area contributed by atoms with Gasteiger partial charge in [-0.15, -0.1) is 0 Å². The van der Waals surface area contributed by atoms with Crippen LogP contribution >= 0.6 is 0 Å². The molecular formula is C22H24F3N5O3. The molecule has 0 aromatic carbocycles. The summed E-state index contributed by atoms with van der Waals surface area (Å²) in [5.74, 6) is -0.0182. The number of allylic oxidation sites excluding steroid dienone is 2. The maximum absolute atomic E-state index is 13.1. The van der Waals surface area contributed by atoms with E-state index in [1.807, 2.05) is 6.07 Å². The first-order chi connectivity index (χ1) is 15.7. The van der Waals surface area contributed by atoms with Crippen LogP contribution in [-0.2, 0) is 14.3 Å². The predicted molar refractivity (Wildman–Crippen MR) is 115 cm³/mol. The topological polar surface area (TPSA) is 82.7 Å². The minimum absolute atomic E-state index is 0.0776. The van der Waals surface area contributed by atoms with Crippen LogP contribution in [0.2, 0.25) is 0 Å². The first-order valence-corrected chi connectivity index (χ1v) is 10.5. The molecule has 2 aromatic heterocycles. The number of alkyl halides is 3. The highest BCUT2D eigenvalue weighted by Gasteiger charge is 2.36. The van der Waals surface area contributed by atoms with Crippen molar-refractivity contribution in [3.05, 3.63) is 59.6 Å². The Kier molecular flexibility index (Phi) is 6.43. The number of hydrogen-bond donors (Lipinski definition) is 2. The van der Waals surface area contributed by atoms with Crippen LogP contribution in [0.15, 0.2) is 54.1 Å². The zero-order chi connectivity index (χ0) is 23.6. The van der Waals surface area contributed by atoms with Crippen LogP contribution in [0.3, 0.4) is 0 Å². The van der Waals surface area contributed by atoms with E-state index in [2.05, 4.69) is 22.0 Å². The molecular weight excluding hydrogens is 439 g/mol. The van der Waals surface area contributed by atoms with Crippen molar-refractivity contribution in [2.75, 3.05) is 39.3 Å². The van der Waals surface area contributed by atoms with Crippen molar-refractivity contribution in [3.8, 4) is 0 Å². The van der Waals surface area contributed by atoms with Gasteiger partial charge < -0.3 is 14.5 Å². The van der Waals surface area contributed by atoms with Crippen LogP contribution in [0.1, 0.15) is 12.5 Å². The number of aromatic amines is 1. The molecule has 0 amide bonds. The molecule has 4 rings (SSSR count). The van der Waals surface area contributed by atoms with Gasteiger partial charge in [0.2, 0.25) is 11.7 Å². The minimum atomic E-state index is -4.24. The summed E-state index contributed by atoms with van der Waals surface area (Å²) in [4.78, 5) is 21.7. The molecule has 0 unspecified atom stereocenters. The van der Waals surface area contributed by atoms with Gasteiger partial charge in [0.15, 0.2) is 5.76 Å². The third-order valence-corrected chi connectivity index (χ3v) is 5.29. The number of fused-ring (bicyclic) bond motifs is 1. The molecule has 0 spiro atoms. The molecule has 0 aliphatic carbocycles. The van der Waals surface area contributed by atoms with Crippen molar-refractivity contribution in [3.63, 3.8) is 0 Å². The van der Waals surface area contributed by atoms with Gasteiger partial charge in [0.25, 0.3) is 0 Å². The molecule has 2 N–H and O–H groups in total. The monoisotopic (exact) mass is 463 g/mol. The van der Waals surface area contributed by atoms with Gasteiger partial charge >= 0.3 is 6.18 Å². The maximum Gasteiger partial charge on any atom is 0.401 e. The highest BCUT2D eigenvalue weighted by atomic mass is 19.4. The van der Waals surface area contributed by atoms with E-state index in [4.69, 9.17) is 9.47 Å². The van der Waals surface area contributed by atoms with E-state index in [0.29, 0.717) is 25.3 Å². The summed E-state index contributed by atoms with van der Waals surface area (Å²) in [5, 5.41) is 2.54. The highest BCUT2D eigenvalue weighted by Crippen LogP contribution is 2.31. The van der Waals surface area contributed by atoms with E-state index >= 15 is 0 Å². The number of hydrazine groups is 1. The molecule has 2 aromatic rings. The molecule has 8 nitrogen and oxygen atoms in total. The molecule has 0 radical (unpaired) electrons. The Morgan fingerprint density at radius 3 is 2.82 bits per heavy atom. The smallest absolute Gasteiger partial charge is 0.401 e. The quantitative estimate of drug-likeness (QED) is 0.483. The fraction of sp³-hybridized carbons (Fsp3) is 0.364. The summed E-state index contributed by atoms with van der Waals surface area (Å²) in [6.45, 7) is 6.06. The van der Waals surface area contributed by atoms with Gasteiger partial charge in [0.05, 0.1) is 13.2 Å². The Hall–Kier alpha value is -3.31. The van der Waals surface area contributed by atoms with Crippen LogP contribution in [0.25, 0.3) is 17.1 Å². The van der Waals surface area contributed by atoms with Crippen LogP contribution < -0.4 is 5.43 Å². The van der Waals surface area contributed by atoms with Crippen molar-refractivity contribution in [2.45, 2.75) is 13.1 Å². The van der Waals surface area contributed by atoms with Crippen LogP contribution in [-0.4, -0.2) is 71.2 Å². The average Bonchev–Trinajstić information content (AvgIpc) is 3.30. The molecule has 33 heavy (non-hydrogen) atoms. The van der Waals surface area contributed by atoms with Crippen LogP contribution in [0, 0.1) is 0 Å². The first-order valence-electron chi connectivity index (χ1n) is 10.5. The van der Waals surface area contributed by atoms with E-state index in [1.54, 1.807) is 36.5 Å². The van der Waals surface area contributed by atoms with Gasteiger partial charge in [0.1, 0.15) is 17.0 Å². The number of aromatic nitrogens is 2. The summed E-state index contributed by atoms with van der Waals surface area (Å²) in [5.41, 5.74) is 4.58. The number of pyridine rings is 1. The van der Waals surface area contributed by atoms with Crippen molar-refractivity contribution in [2.24, 2.45) is 0 Å². The number of carbonyl (C=O) groups excluding carboxylic acids is 1. The second kappa shape index (κ2) is 9.28. The molecule has 0 saturated carbocycles. The number of carbonyl (C=O) groups is 1. The Morgan fingerprint density at radius 1 is 1.36 bits per heavy atom. The van der Waals surface area contributed by atoms with Crippen LogP contribution in [0.5, 0.6) is 0 Å². The molecule has 0 atom stereocenters. The van der Waals surface area contributed by atoms with Crippen molar-refractivity contribution in [1.82, 2.24) is 25.3 Å². The summed E-state index contributed by atoms with van der Waals surface area (Å²) in [6, 6.07) is 3.67. The average molecular weight is 463 g/mol. The minimum Gasteiger partial charge on any atom is -0.494 e. The van der Waals surface area contributed by atoms with E-state index in [-0.39, 0.29) is 36.1 Å². The van der Waals surface area contributed by atoms with Gasteiger partial charge in [-0.1, -0.05) is 6.58 Å². The number of hydrogen-bond acceptors (Lipinski definition) is 7. The predicted octanol–water partition coefficient (Wildman–Crippen LogP) is 2.95. The Balaban J connectivity index is 1.52. The van der Waals surface area contributed by atoms with Gasteiger partial charge in [-0.05, 0) is 25.1 Å². The Morgan fingerprint density at radius 2 is 2.12 bits per heavy atom. The van der Waals surface area contributed by atoms with Crippen molar-refractivity contribution < 1.29 is 27.4 Å². The molecule has 176 valence electrons. The van der Waals surface area contributed by atoms with E-state index in [9.17, 15) is 18.0 Å². The van der Waals surface area contributed by atoms with E-state index < -0.39 is 18.5 Å². The number of ether oxygens (including phenoxy) is 2. The summed E-state index contributed by atoms with van der Waals surface area (Å²) < 4.78 is 49.2. The SMILES string of the molecule is C=C(OCC)C1=C(NN2CCN(CC(F)(F)F)CC2)O/C(=C\c2c[nH]c3ncccc23)C1=O. The standard InChI is InChI=1S/C22H24F3N5O3/c1-3-32-14(2)18-19(31)17(11-15-12-27-20-16(15)5-4-6-26-20)33-21(18)28-30-9-7-29(8-10-30)13-22(23,24)25/h4-6,11-12,28H,2-3,7-10,13H2,1H3,(H,26,27)/b17-11-. The largest absolute Gasteiger partial charge is 0.494 e. The fourth-order valence-corrected chi connectivity index (χ4v) is 3.76. The summed E-state index contributed by atoms with van der Waals surface area (Å²) in [6.07, 6.45) is 0.760. The van der Waals surface area contributed by atoms with E-state index in [0.717, 1.165) is 10.9 Å². The lowest BCUT2D eigenvalue weighted by atomic mass is 10.1. The van der Waals surface area contributed by atoms with E-state index in [1.165, 1.54) is 4.90 Å². The normalized spacial score (nSPS) is 19.4. The number of rotatable bonds is 7. The molecule has 0 bridgehead atoms. The number of halogens is 3. The lowest BCUT2D eigenvalue weighted by Gasteiger charge is -2.35. The zero-order valence-corrected chi connectivity index (χ0v) is 18.0. The molecule has 1 saturated heterocycles. The maximum atomic E-state index is 13.1. The van der Waals surface area contributed by atoms with Gasteiger partial charge in [0, 0.05) is 49.5 Å². The number of piperazine rings is 1. The van der Waals surface area contributed by atoms with Gasteiger partial charge in [-0.2, -0.15) is 13.2 Å². The van der Waals surface area contributed by atoms with Gasteiger partial charge in [-0.25, -0.2) is 9.99 Å². The zero-order valence-electron chi connectivity index (χ0n) is 18.0. The van der Waals surface area contributed by atoms with Crippen molar-refractivity contribution >= 4 is 22.9 Å². The van der Waals surface area contributed by atoms with Crippen molar-refractivity contribution in [1.29, 1.82) is 0 Å². The molecule has 4 heterocycles. The molecule has 11 heteroatoms. The third-order valence-electron chi connectivity index (χ3n) is 5.29.